The van der Waals surface area contributed by atoms with E-state index in [1.54, 1.807) is 18.2 Å². The van der Waals surface area contributed by atoms with Crippen LogP contribution in [0.15, 0.2) is 97.1 Å². The Morgan fingerprint density at radius 1 is 0.925 bits per heavy atom. The van der Waals surface area contributed by atoms with E-state index < -0.39 is 17.9 Å². The van der Waals surface area contributed by atoms with Gasteiger partial charge in [0.05, 0.1) is 5.56 Å². The number of carboxylic acids is 1. The molecule has 206 valence electrons. The monoisotopic (exact) mass is 556 g/mol. The molecule has 3 N–H and O–H groups in total. The van der Waals surface area contributed by atoms with Gasteiger partial charge in [0.1, 0.15) is 17.5 Å². The zero-order chi connectivity index (χ0) is 28.5. The number of ether oxygens (including phenoxy) is 1. The first-order valence-corrected chi connectivity index (χ1v) is 13.7. The van der Waals surface area contributed by atoms with E-state index in [0.717, 1.165) is 34.6 Å². The largest absolute Gasteiger partial charge is 0.480 e. The minimum Gasteiger partial charge on any atom is -0.480 e. The van der Waals surface area contributed by atoms with Crippen LogP contribution < -0.4 is 15.4 Å². The van der Waals surface area contributed by atoms with Crippen molar-refractivity contribution in [2.24, 2.45) is 5.92 Å². The maximum absolute atomic E-state index is 13.2. The molecule has 4 rings (SSSR count). The molecule has 4 aromatic carbocycles. The van der Waals surface area contributed by atoms with Gasteiger partial charge in [-0.3, -0.25) is 4.79 Å². The Bertz CT molecular complexity index is 1440. The third kappa shape index (κ3) is 7.64. The van der Waals surface area contributed by atoms with Crippen molar-refractivity contribution in [3.63, 3.8) is 0 Å². The smallest absolute Gasteiger partial charge is 0.326 e. The Kier molecular flexibility index (Phi) is 9.81. The van der Waals surface area contributed by atoms with Crippen molar-refractivity contribution >= 4 is 29.2 Å². The summed E-state index contributed by atoms with van der Waals surface area (Å²) in [5.74, 6) is 0.263. The maximum atomic E-state index is 13.2. The number of carbonyl (C=O) groups is 2. The number of carboxylic acid groups (broad SMARTS) is 1. The molecule has 2 unspecified atom stereocenters. The number of halogens is 1. The lowest BCUT2D eigenvalue weighted by Crippen LogP contribution is -2.42. The quantitative estimate of drug-likeness (QED) is 0.166. The molecule has 7 heteroatoms. The van der Waals surface area contributed by atoms with Crippen LogP contribution in [0.2, 0.25) is 5.02 Å². The van der Waals surface area contributed by atoms with E-state index >= 15 is 0 Å². The Morgan fingerprint density at radius 2 is 1.62 bits per heavy atom. The van der Waals surface area contributed by atoms with E-state index in [4.69, 9.17) is 16.3 Å². The van der Waals surface area contributed by atoms with E-state index in [9.17, 15) is 14.7 Å². The van der Waals surface area contributed by atoms with Crippen LogP contribution in [0, 0.1) is 5.92 Å². The molecule has 0 fully saturated rings. The predicted molar refractivity (Wildman–Crippen MR) is 160 cm³/mol. The summed E-state index contributed by atoms with van der Waals surface area (Å²) in [6.07, 6.45) is 1.12. The van der Waals surface area contributed by atoms with Gasteiger partial charge >= 0.3 is 5.97 Å². The average Bonchev–Trinajstić information content (AvgIpc) is 2.97. The third-order valence-electron chi connectivity index (χ3n) is 6.73. The van der Waals surface area contributed by atoms with Crippen LogP contribution in [0.3, 0.4) is 0 Å². The number of rotatable bonds is 12. The van der Waals surface area contributed by atoms with E-state index in [2.05, 4.69) is 24.5 Å². The second-order valence-corrected chi connectivity index (χ2v) is 10.2. The molecule has 4 aromatic rings. The van der Waals surface area contributed by atoms with Gasteiger partial charge in [-0.25, -0.2) is 4.79 Å². The van der Waals surface area contributed by atoms with Crippen LogP contribution in [0.4, 0.5) is 5.69 Å². The first kappa shape index (κ1) is 28.7. The van der Waals surface area contributed by atoms with E-state index in [0.29, 0.717) is 28.7 Å². The summed E-state index contributed by atoms with van der Waals surface area (Å²) in [6.45, 7) is 4.90. The molecule has 0 aliphatic rings. The van der Waals surface area contributed by atoms with Gasteiger partial charge in [-0.2, -0.15) is 0 Å². The maximum Gasteiger partial charge on any atom is 0.326 e. The fourth-order valence-corrected chi connectivity index (χ4v) is 4.36. The highest BCUT2D eigenvalue weighted by molar-refractivity contribution is 6.31. The molecule has 0 heterocycles. The predicted octanol–water partition coefficient (Wildman–Crippen LogP) is 7.68. The fourth-order valence-electron chi connectivity index (χ4n) is 4.19. The summed E-state index contributed by atoms with van der Waals surface area (Å²) < 4.78 is 6.09. The molecular weight excluding hydrogens is 524 g/mol. The van der Waals surface area contributed by atoms with Gasteiger partial charge < -0.3 is 20.5 Å². The lowest BCUT2D eigenvalue weighted by Gasteiger charge is -2.18. The van der Waals surface area contributed by atoms with Crippen molar-refractivity contribution in [2.75, 3.05) is 11.9 Å². The molecule has 0 aliphatic carbocycles. The van der Waals surface area contributed by atoms with Crippen LogP contribution in [-0.2, 0) is 11.2 Å². The molecule has 0 bridgehead atoms. The summed E-state index contributed by atoms with van der Waals surface area (Å²) in [5, 5.41) is 16.3. The van der Waals surface area contributed by atoms with Gasteiger partial charge in [0.25, 0.3) is 5.91 Å². The van der Waals surface area contributed by atoms with Gasteiger partial charge in [-0.1, -0.05) is 92.5 Å². The van der Waals surface area contributed by atoms with Crippen LogP contribution in [-0.4, -0.2) is 29.6 Å². The molecule has 1 amide bonds. The van der Waals surface area contributed by atoms with Crippen LogP contribution >= 0.6 is 11.6 Å². The Balaban J connectivity index is 1.48. The van der Waals surface area contributed by atoms with Gasteiger partial charge in [0, 0.05) is 29.2 Å². The second kappa shape index (κ2) is 13.7. The highest BCUT2D eigenvalue weighted by atomic mass is 35.5. The summed E-state index contributed by atoms with van der Waals surface area (Å²) in [5.41, 5.74) is 3.56. The number of amides is 1. The van der Waals surface area contributed by atoms with Gasteiger partial charge in [-0.15, -0.1) is 0 Å². The van der Waals surface area contributed by atoms with Crippen LogP contribution in [0.5, 0.6) is 11.5 Å². The number of anilines is 1. The SMILES string of the molecule is CCC(C)CNc1ccc(Cl)cc1C(=O)NC(Cc1ccc(-c2ccccc2Oc2ccccc2)cc1)C(=O)O. The van der Waals surface area contributed by atoms with Crippen molar-refractivity contribution in [1.82, 2.24) is 5.32 Å². The molecule has 0 aliphatic heterocycles. The molecule has 0 spiro atoms. The number of carbonyl (C=O) groups excluding carboxylic acids is 1. The molecular formula is C33H33ClN2O4. The van der Waals surface area contributed by atoms with Crippen molar-refractivity contribution in [1.29, 1.82) is 0 Å². The Morgan fingerprint density at radius 3 is 2.33 bits per heavy atom. The average molecular weight is 557 g/mol. The van der Waals surface area contributed by atoms with Crippen molar-refractivity contribution in [2.45, 2.75) is 32.7 Å². The summed E-state index contributed by atoms with van der Waals surface area (Å²) >= 11 is 6.17. The topological polar surface area (TPSA) is 87.7 Å². The molecule has 0 saturated carbocycles. The highest BCUT2D eigenvalue weighted by Gasteiger charge is 2.23. The van der Waals surface area contributed by atoms with Crippen LogP contribution in [0.1, 0.15) is 36.2 Å². The van der Waals surface area contributed by atoms with Gasteiger partial charge in [0.15, 0.2) is 0 Å². The number of hydrogen-bond donors (Lipinski definition) is 3. The number of para-hydroxylation sites is 2. The summed E-state index contributed by atoms with van der Waals surface area (Å²) in [4.78, 5) is 25.3. The third-order valence-corrected chi connectivity index (χ3v) is 6.97. The highest BCUT2D eigenvalue weighted by Crippen LogP contribution is 2.33. The lowest BCUT2D eigenvalue weighted by molar-refractivity contribution is -0.139. The molecule has 0 aromatic heterocycles. The molecule has 0 saturated heterocycles. The van der Waals surface area contributed by atoms with Crippen LogP contribution in [0.25, 0.3) is 11.1 Å². The molecule has 0 radical (unpaired) electrons. The van der Waals surface area contributed by atoms with Crippen molar-refractivity contribution < 1.29 is 19.4 Å². The molecule has 2 atom stereocenters. The molecule has 40 heavy (non-hydrogen) atoms. The Hall–Kier alpha value is -4.29. The normalized spacial score (nSPS) is 12.3. The van der Waals surface area contributed by atoms with E-state index in [1.807, 2.05) is 78.9 Å². The molecule has 6 nitrogen and oxygen atoms in total. The van der Waals surface area contributed by atoms with Crippen molar-refractivity contribution in [3.05, 3.63) is 113 Å². The zero-order valence-corrected chi connectivity index (χ0v) is 23.3. The first-order chi connectivity index (χ1) is 19.3. The number of aliphatic carboxylic acids is 1. The standard InChI is InChI=1S/C33H33ClN2O4/c1-3-22(2)21-35-29-18-17-25(34)20-28(29)32(37)36-30(33(38)39)19-23-13-15-24(16-14-23)27-11-7-8-12-31(27)40-26-9-5-4-6-10-26/h4-18,20,22,30,35H,3,19,21H2,1-2H3,(H,36,37)(H,38,39). The van der Waals surface area contributed by atoms with Gasteiger partial charge in [-0.05, 0) is 53.4 Å². The number of benzene rings is 4. The minimum absolute atomic E-state index is 0.125. The van der Waals surface area contributed by atoms with Gasteiger partial charge in [0.2, 0.25) is 0 Å². The number of nitrogens with one attached hydrogen (secondary N) is 2. The fraction of sp³-hybridized carbons (Fsp3) is 0.212. The van der Waals surface area contributed by atoms with E-state index in [-0.39, 0.29) is 6.42 Å². The summed E-state index contributed by atoms with van der Waals surface area (Å²) in [6, 6.07) is 28.8. The Labute approximate surface area is 240 Å². The van der Waals surface area contributed by atoms with E-state index in [1.165, 1.54) is 0 Å². The van der Waals surface area contributed by atoms with Crippen molar-refractivity contribution in [3.8, 4) is 22.6 Å². The number of hydrogen-bond acceptors (Lipinski definition) is 4. The zero-order valence-electron chi connectivity index (χ0n) is 22.6. The summed E-state index contributed by atoms with van der Waals surface area (Å²) in [7, 11) is 0. The first-order valence-electron chi connectivity index (χ1n) is 13.3. The second-order valence-electron chi connectivity index (χ2n) is 9.76. The lowest BCUT2D eigenvalue weighted by atomic mass is 9.99. The minimum atomic E-state index is -1.12.